The quantitative estimate of drug-likeness (QED) is 0.485. The van der Waals surface area contributed by atoms with Crippen LogP contribution in [0.1, 0.15) is 10.4 Å². The number of benzene rings is 1. The van der Waals surface area contributed by atoms with Crippen molar-refractivity contribution in [2.75, 3.05) is 11.9 Å². The maximum Gasteiger partial charge on any atom is 0.411 e. The van der Waals surface area contributed by atoms with E-state index in [0.717, 1.165) is 18.2 Å². The van der Waals surface area contributed by atoms with Gasteiger partial charge in [-0.05, 0) is 6.07 Å². The molecule has 0 aliphatic rings. The first kappa shape index (κ1) is 17.3. The highest BCUT2D eigenvalue weighted by atomic mass is 35.6. The van der Waals surface area contributed by atoms with Crippen LogP contribution in [0.4, 0.5) is 16.2 Å². The van der Waals surface area contributed by atoms with Gasteiger partial charge < -0.3 is 9.84 Å². The van der Waals surface area contributed by atoms with Crippen molar-refractivity contribution >= 4 is 58.2 Å². The van der Waals surface area contributed by atoms with Gasteiger partial charge in [0.05, 0.1) is 16.2 Å². The Morgan fingerprint density at radius 2 is 2.00 bits per heavy atom. The number of alkyl halides is 3. The van der Waals surface area contributed by atoms with Crippen LogP contribution in [0.5, 0.6) is 0 Å². The zero-order valence-electron chi connectivity index (χ0n) is 10.0. The number of aromatic carboxylic acids is 1. The fourth-order valence-corrected chi connectivity index (χ4v) is 1.39. The highest BCUT2D eigenvalue weighted by Crippen LogP contribution is 2.27. The maximum atomic E-state index is 11.4. The van der Waals surface area contributed by atoms with E-state index in [1.54, 1.807) is 0 Å². The highest BCUT2D eigenvalue weighted by Gasteiger charge is 2.23. The maximum absolute atomic E-state index is 11.4. The number of anilines is 1. The molecule has 0 heterocycles. The van der Waals surface area contributed by atoms with Crippen molar-refractivity contribution < 1.29 is 24.4 Å². The van der Waals surface area contributed by atoms with Crippen LogP contribution in [0.25, 0.3) is 0 Å². The second-order valence-corrected chi connectivity index (χ2v) is 6.12. The van der Waals surface area contributed by atoms with E-state index in [-0.39, 0.29) is 11.3 Å². The molecule has 0 unspecified atom stereocenters. The number of halogens is 3. The summed E-state index contributed by atoms with van der Waals surface area (Å²) in [7, 11) is 0. The molecule has 1 aromatic rings. The smallest absolute Gasteiger partial charge is 0.411 e. The molecular formula is C10H7Cl3N2O6. The summed E-state index contributed by atoms with van der Waals surface area (Å²) in [5.41, 5.74) is -1.07. The number of amides is 1. The molecule has 8 nitrogen and oxygen atoms in total. The molecule has 114 valence electrons. The molecule has 0 saturated heterocycles. The first-order chi connectivity index (χ1) is 9.60. The number of carboxylic acids is 1. The van der Waals surface area contributed by atoms with E-state index < -0.39 is 33.1 Å². The molecular weight excluding hydrogens is 350 g/mol. The number of nitrogens with zero attached hydrogens (tertiary/aromatic N) is 1. The zero-order chi connectivity index (χ0) is 16.2. The summed E-state index contributed by atoms with van der Waals surface area (Å²) in [4.78, 5) is 32.3. The predicted molar refractivity (Wildman–Crippen MR) is 75.3 cm³/mol. The Morgan fingerprint density at radius 1 is 1.38 bits per heavy atom. The Hall–Kier alpha value is -1.77. The molecule has 0 radical (unpaired) electrons. The van der Waals surface area contributed by atoms with Gasteiger partial charge in [0.1, 0.15) is 6.61 Å². The van der Waals surface area contributed by atoms with E-state index in [0.29, 0.717) is 0 Å². The van der Waals surface area contributed by atoms with Crippen LogP contribution in [0.3, 0.4) is 0 Å². The van der Waals surface area contributed by atoms with E-state index in [2.05, 4.69) is 4.74 Å². The van der Waals surface area contributed by atoms with Crippen molar-refractivity contribution in [1.29, 1.82) is 0 Å². The molecule has 11 heteroatoms. The van der Waals surface area contributed by atoms with Crippen molar-refractivity contribution in [1.82, 2.24) is 0 Å². The summed E-state index contributed by atoms with van der Waals surface area (Å²) < 4.78 is 2.70. The van der Waals surface area contributed by atoms with E-state index >= 15 is 0 Å². The highest BCUT2D eigenvalue weighted by molar-refractivity contribution is 6.67. The molecule has 0 aliphatic heterocycles. The fraction of sp³-hybridized carbons (Fsp3) is 0.200. The summed E-state index contributed by atoms with van der Waals surface area (Å²) in [6.45, 7) is -0.583. The standard InChI is InChI=1S/C10H7Cl3N2O6/c11-10(12,13)4-21-9(18)14-7-3-5(15(19)20)1-2-6(7)8(16)17/h1-3H,4H2,(H,14,18)(H,16,17). The summed E-state index contributed by atoms with van der Waals surface area (Å²) in [6.07, 6.45) is -1.12. The average molecular weight is 358 g/mol. The lowest BCUT2D eigenvalue weighted by atomic mass is 10.1. The van der Waals surface area contributed by atoms with Crippen LogP contribution >= 0.6 is 34.8 Å². The van der Waals surface area contributed by atoms with Crippen LogP contribution < -0.4 is 5.32 Å². The van der Waals surface area contributed by atoms with E-state index in [1.807, 2.05) is 5.32 Å². The number of hydrogen-bond donors (Lipinski definition) is 2. The number of nitro groups is 1. The van der Waals surface area contributed by atoms with Crippen molar-refractivity contribution in [2.24, 2.45) is 0 Å². The number of nitrogens with one attached hydrogen (secondary N) is 1. The third-order valence-electron chi connectivity index (χ3n) is 2.05. The van der Waals surface area contributed by atoms with Gasteiger partial charge in [0.15, 0.2) is 0 Å². The number of ether oxygens (including phenoxy) is 1. The molecule has 0 aliphatic carbocycles. The van der Waals surface area contributed by atoms with Crippen LogP contribution in [-0.2, 0) is 4.74 Å². The minimum atomic E-state index is -1.84. The second-order valence-electron chi connectivity index (χ2n) is 3.61. The number of nitro benzene ring substituents is 1. The molecule has 0 atom stereocenters. The predicted octanol–water partition coefficient (Wildman–Crippen LogP) is 3.21. The molecule has 0 aromatic heterocycles. The Kier molecular flexibility index (Phi) is 5.59. The summed E-state index contributed by atoms with van der Waals surface area (Å²) in [5, 5.41) is 21.6. The minimum Gasteiger partial charge on any atom is -0.478 e. The van der Waals surface area contributed by atoms with Gasteiger partial charge in [0.25, 0.3) is 5.69 Å². The third kappa shape index (κ3) is 5.62. The largest absolute Gasteiger partial charge is 0.478 e. The lowest BCUT2D eigenvalue weighted by molar-refractivity contribution is -0.384. The van der Waals surface area contributed by atoms with Gasteiger partial charge >= 0.3 is 12.1 Å². The first-order valence-corrected chi connectivity index (χ1v) is 6.26. The summed E-state index contributed by atoms with van der Waals surface area (Å²) >= 11 is 16.1. The molecule has 1 amide bonds. The monoisotopic (exact) mass is 356 g/mol. The number of hydrogen-bond acceptors (Lipinski definition) is 5. The number of rotatable bonds is 4. The van der Waals surface area contributed by atoms with E-state index in [4.69, 9.17) is 39.9 Å². The van der Waals surface area contributed by atoms with Gasteiger partial charge in [-0.15, -0.1) is 0 Å². The van der Waals surface area contributed by atoms with Gasteiger partial charge in [-0.1, -0.05) is 34.8 Å². The summed E-state index contributed by atoms with van der Waals surface area (Å²) in [6, 6.07) is 2.84. The Balaban J connectivity index is 2.94. The minimum absolute atomic E-state index is 0.314. The van der Waals surface area contributed by atoms with Crippen LogP contribution in [0, 0.1) is 10.1 Å². The number of carboxylic acid groups (broad SMARTS) is 1. The van der Waals surface area contributed by atoms with E-state index in [1.165, 1.54) is 0 Å². The van der Waals surface area contributed by atoms with Crippen molar-refractivity contribution in [3.8, 4) is 0 Å². The normalized spacial score (nSPS) is 10.8. The molecule has 21 heavy (non-hydrogen) atoms. The molecule has 0 bridgehead atoms. The van der Waals surface area contributed by atoms with Gasteiger partial charge in [-0.3, -0.25) is 15.4 Å². The topological polar surface area (TPSA) is 119 Å². The van der Waals surface area contributed by atoms with Crippen LogP contribution in [0.15, 0.2) is 18.2 Å². The Labute approximate surface area is 132 Å². The molecule has 1 rings (SSSR count). The van der Waals surface area contributed by atoms with Gasteiger partial charge in [-0.2, -0.15) is 0 Å². The Bertz CT molecular complexity index is 587. The van der Waals surface area contributed by atoms with Crippen molar-refractivity contribution in [3.63, 3.8) is 0 Å². The summed E-state index contributed by atoms with van der Waals surface area (Å²) in [5.74, 6) is -1.39. The number of carbonyl (C=O) groups excluding carboxylic acids is 1. The van der Waals surface area contributed by atoms with Gasteiger partial charge in [-0.25, -0.2) is 9.59 Å². The Morgan fingerprint density at radius 3 is 2.48 bits per heavy atom. The lowest BCUT2D eigenvalue weighted by Crippen LogP contribution is -2.22. The van der Waals surface area contributed by atoms with Crippen molar-refractivity contribution in [2.45, 2.75) is 3.79 Å². The van der Waals surface area contributed by atoms with E-state index in [9.17, 15) is 19.7 Å². The second kappa shape index (κ2) is 6.79. The van der Waals surface area contributed by atoms with Crippen LogP contribution in [-0.4, -0.2) is 32.5 Å². The number of carbonyl (C=O) groups is 2. The zero-order valence-corrected chi connectivity index (χ0v) is 12.3. The van der Waals surface area contributed by atoms with Gasteiger partial charge in [0, 0.05) is 12.1 Å². The third-order valence-corrected chi connectivity index (χ3v) is 2.38. The molecule has 0 saturated carbocycles. The van der Waals surface area contributed by atoms with Crippen molar-refractivity contribution in [3.05, 3.63) is 33.9 Å². The van der Waals surface area contributed by atoms with Crippen LogP contribution in [0.2, 0.25) is 0 Å². The van der Waals surface area contributed by atoms with Gasteiger partial charge in [0.2, 0.25) is 3.79 Å². The first-order valence-electron chi connectivity index (χ1n) is 5.12. The average Bonchev–Trinajstić information content (AvgIpc) is 2.35. The number of non-ortho nitro benzene ring substituents is 1. The molecule has 0 spiro atoms. The lowest BCUT2D eigenvalue weighted by Gasteiger charge is -2.12. The molecule has 2 N–H and O–H groups in total. The molecule has 0 fully saturated rings. The fourth-order valence-electron chi connectivity index (χ4n) is 1.23. The molecule has 1 aromatic carbocycles. The SMILES string of the molecule is O=C(Nc1cc([N+](=O)[O-])ccc1C(=O)O)OCC(Cl)(Cl)Cl.